The van der Waals surface area contributed by atoms with Gasteiger partial charge in [0.15, 0.2) is 0 Å². The Balaban J connectivity index is 1.70. The minimum Gasteiger partial charge on any atom is -0.304 e. The highest BCUT2D eigenvalue weighted by molar-refractivity contribution is 4.88. The Kier molecular flexibility index (Phi) is 3.68. The molecule has 2 heterocycles. The van der Waals surface area contributed by atoms with Crippen molar-refractivity contribution < 1.29 is 0 Å². The summed E-state index contributed by atoms with van der Waals surface area (Å²) in [7, 11) is 0. The summed E-state index contributed by atoms with van der Waals surface area (Å²) in [6.45, 7) is 13.6. The molecule has 2 aliphatic heterocycles. The van der Waals surface area contributed by atoms with Gasteiger partial charge >= 0.3 is 0 Å². The first-order valence-electron chi connectivity index (χ1n) is 6.67. The van der Waals surface area contributed by atoms with Crippen LogP contribution in [-0.2, 0) is 0 Å². The van der Waals surface area contributed by atoms with Gasteiger partial charge in [-0.25, -0.2) is 0 Å². The number of hydrogen-bond acceptors (Lipinski definition) is 2. The number of nitrogens with zero attached hydrogens (tertiary/aromatic N) is 2. The largest absolute Gasteiger partial charge is 0.304 e. The second-order valence-electron chi connectivity index (χ2n) is 5.58. The molecule has 2 aliphatic rings. The van der Waals surface area contributed by atoms with Crippen LogP contribution in [0.25, 0.3) is 0 Å². The van der Waals surface area contributed by atoms with Crippen molar-refractivity contribution in [1.29, 1.82) is 0 Å². The van der Waals surface area contributed by atoms with E-state index in [1.54, 1.807) is 0 Å². The van der Waals surface area contributed by atoms with Crippen LogP contribution in [0.3, 0.4) is 0 Å². The van der Waals surface area contributed by atoms with Crippen LogP contribution in [0.4, 0.5) is 0 Å². The second-order valence-corrected chi connectivity index (χ2v) is 5.58. The maximum Gasteiger partial charge on any atom is 0.00388 e. The number of piperidine rings is 1. The molecule has 0 aromatic heterocycles. The fourth-order valence-electron chi connectivity index (χ4n) is 3.01. The van der Waals surface area contributed by atoms with Gasteiger partial charge in [-0.15, -0.1) is 0 Å². The van der Waals surface area contributed by atoms with Crippen molar-refractivity contribution >= 4 is 0 Å². The van der Waals surface area contributed by atoms with Gasteiger partial charge in [0.1, 0.15) is 0 Å². The van der Waals surface area contributed by atoms with E-state index in [0.717, 1.165) is 17.9 Å². The minimum absolute atomic E-state index is 0.761. The summed E-state index contributed by atoms with van der Waals surface area (Å²) >= 11 is 0. The molecule has 2 heteroatoms. The zero-order valence-electron chi connectivity index (χ0n) is 10.6. The molecule has 2 saturated heterocycles. The average Bonchev–Trinajstić information content (AvgIpc) is 2.16. The number of likely N-dealkylation sites (tertiary alicyclic amines) is 2. The van der Waals surface area contributed by atoms with Crippen LogP contribution < -0.4 is 0 Å². The first kappa shape index (κ1) is 11.4. The first-order valence-corrected chi connectivity index (χ1v) is 6.67. The monoisotopic (exact) mass is 210 g/mol. The van der Waals surface area contributed by atoms with E-state index in [9.17, 15) is 0 Å². The molecule has 0 bridgehead atoms. The lowest BCUT2D eigenvalue weighted by molar-refractivity contribution is 0.00927. The minimum atomic E-state index is 0.761. The van der Waals surface area contributed by atoms with Gasteiger partial charge in [-0.05, 0) is 58.2 Å². The fourth-order valence-corrected chi connectivity index (χ4v) is 3.01. The van der Waals surface area contributed by atoms with Crippen LogP contribution in [0.5, 0.6) is 0 Å². The highest BCUT2D eigenvalue weighted by atomic mass is 15.2. The van der Waals surface area contributed by atoms with Crippen LogP contribution in [0.1, 0.15) is 33.6 Å². The molecular formula is C13H26N2. The quantitative estimate of drug-likeness (QED) is 0.703. The molecule has 2 fully saturated rings. The molecule has 2 rings (SSSR count). The molecule has 0 atom stereocenters. The van der Waals surface area contributed by atoms with Crippen molar-refractivity contribution in [2.45, 2.75) is 39.7 Å². The van der Waals surface area contributed by atoms with Gasteiger partial charge < -0.3 is 9.80 Å². The summed E-state index contributed by atoms with van der Waals surface area (Å²) in [5.41, 5.74) is 0. The molecule has 0 radical (unpaired) electrons. The summed E-state index contributed by atoms with van der Waals surface area (Å²) in [6.07, 6.45) is 2.90. The van der Waals surface area contributed by atoms with Crippen molar-refractivity contribution in [2.75, 3.05) is 32.7 Å². The van der Waals surface area contributed by atoms with Crippen LogP contribution in [-0.4, -0.2) is 48.6 Å². The van der Waals surface area contributed by atoms with E-state index in [2.05, 4.69) is 30.6 Å². The van der Waals surface area contributed by atoms with Crippen molar-refractivity contribution in [3.63, 3.8) is 0 Å². The Morgan fingerprint density at radius 3 is 2.13 bits per heavy atom. The lowest BCUT2D eigenvalue weighted by Gasteiger charge is -2.47. The summed E-state index contributed by atoms with van der Waals surface area (Å²) in [5, 5.41) is 0. The summed E-state index contributed by atoms with van der Waals surface area (Å²) in [4.78, 5) is 5.20. The first-order chi connectivity index (χ1) is 7.20. The van der Waals surface area contributed by atoms with Gasteiger partial charge in [0.05, 0.1) is 0 Å². The Labute approximate surface area is 94.6 Å². The van der Waals surface area contributed by atoms with Gasteiger partial charge in [0, 0.05) is 19.1 Å². The molecular weight excluding hydrogens is 184 g/mol. The standard InChI is InChI=1S/C13H26N2/c1-4-14-7-5-12(6-8-14)13-9-15(10-13)11(2)3/h11-13H,4-10H2,1-3H3. The molecule has 2 nitrogen and oxygen atoms in total. The zero-order valence-corrected chi connectivity index (χ0v) is 10.6. The van der Waals surface area contributed by atoms with Crippen molar-refractivity contribution in [3.8, 4) is 0 Å². The van der Waals surface area contributed by atoms with Gasteiger partial charge in [-0.3, -0.25) is 0 Å². The van der Waals surface area contributed by atoms with Gasteiger partial charge in [-0.2, -0.15) is 0 Å². The van der Waals surface area contributed by atoms with Crippen LogP contribution in [0.15, 0.2) is 0 Å². The zero-order chi connectivity index (χ0) is 10.8. The van der Waals surface area contributed by atoms with Crippen molar-refractivity contribution in [2.24, 2.45) is 11.8 Å². The Hall–Kier alpha value is -0.0800. The summed E-state index contributed by atoms with van der Waals surface area (Å²) < 4.78 is 0. The van der Waals surface area contributed by atoms with E-state index >= 15 is 0 Å². The molecule has 88 valence electrons. The Bertz CT molecular complexity index is 189. The highest BCUT2D eigenvalue weighted by Gasteiger charge is 2.35. The van der Waals surface area contributed by atoms with E-state index in [-0.39, 0.29) is 0 Å². The fraction of sp³-hybridized carbons (Fsp3) is 1.00. The molecule has 15 heavy (non-hydrogen) atoms. The Morgan fingerprint density at radius 1 is 1.07 bits per heavy atom. The van der Waals surface area contributed by atoms with E-state index in [1.165, 1.54) is 45.6 Å². The van der Waals surface area contributed by atoms with Gasteiger partial charge in [0.25, 0.3) is 0 Å². The van der Waals surface area contributed by atoms with E-state index in [4.69, 9.17) is 0 Å². The average molecular weight is 210 g/mol. The number of hydrogen-bond donors (Lipinski definition) is 0. The van der Waals surface area contributed by atoms with Crippen LogP contribution in [0, 0.1) is 11.8 Å². The molecule has 0 unspecified atom stereocenters. The van der Waals surface area contributed by atoms with Crippen LogP contribution >= 0.6 is 0 Å². The maximum absolute atomic E-state index is 2.61. The third-order valence-corrected chi connectivity index (χ3v) is 4.41. The predicted molar refractivity (Wildman–Crippen MR) is 65.0 cm³/mol. The third kappa shape index (κ3) is 2.54. The second kappa shape index (κ2) is 4.84. The topological polar surface area (TPSA) is 6.48 Å². The molecule has 0 aromatic carbocycles. The van der Waals surface area contributed by atoms with E-state index in [0.29, 0.717) is 0 Å². The maximum atomic E-state index is 2.61. The van der Waals surface area contributed by atoms with E-state index in [1.807, 2.05) is 0 Å². The Morgan fingerprint density at radius 2 is 1.67 bits per heavy atom. The van der Waals surface area contributed by atoms with Crippen LogP contribution in [0.2, 0.25) is 0 Å². The molecule has 0 spiro atoms. The van der Waals surface area contributed by atoms with Crippen molar-refractivity contribution in [3.05, 3.63) is 0 Å². The highest BCUT2D eigenvalue weighted by Crippen LogP contribution is 2.32. The summed E-state index contributed by atoms with van der Waals surface area (Å²) in [5.74, 6) is 2.05. The lowest BCUT2D eigenvalue weighted by Crippen LogP contribution is -2.54. The van der Waals surface area contributed by atoms with Gasteiger partial charge in [0.2, 0.25) is 0 Å². The SMILES string of the molecule is CCN1CCC(C2CN(C(C)C)C2)CC1. The molecule has 0 N–H and O–H groups in total. The van der Waals surface area contributed by atoms with Gasteiger partial charge in [-0.1, -0.05) is 6.92 Å². The molecule has 0 saturated carbocycles. The molecule has 0 amide bonds. The van der Waals surface area contributed by atoms with E-state index < -0.39 is 0 Å². The predicted octanol–water partition coefficient (Wildman–Crippen LogP) is 2.06. The smallest absolute Gasteiger partial charge is 0.00388 e. The van der Waals surface area contributed by atoms with Crippen molar-refractivity contribution in [1.82, 2.24) is 9.80 Å². The molecule has 0 aliphatic carbocycles. The molecule has 0 aromatic rings. The summed E-state index contributed by atoms with van der Waals surface area (Å²) in [6, 6.07) is 0.761. The third-order valence-electron chi connectivity index (χ3n) is 4.41. The number of rotatable bonds is 3. The normalized spacial score (nSPS) is 27.2. The lowest BCUT2D eigenvalue weighted by atomic mass is 9.79.